The van der Waals surface area contributed by atoms with Crippen molar-refractivity contribution in [2.45, 2.75) is 43.8 Å². The van der Waals surface area contributed by atoms with Gasteiger partial charge in [0, 0.05) is 6.20 Å². The van der Waals surface area contributed by atoms with E-state index in [-0.39, 0.29) is 24.3 Å². The zero-order valence-corrected chi connectivity index (χ0v) is 14.5. The van der Waals surface area contributed by atoms with Gasteiger partial charge in [0.2, 0.25) is 0 Å². The van der Waals surface area contributed by atoms with Crippen molar-refractivity contribution < 1.29 is 38.5 Å². The minimum absolute atomic E-state index is 0.0890. The summed E-state index contributed by atoms with van der Waals surface area (Å²) < 4.78 is 22.2. The van der Waals surface area contributed by atoms with E-state index in [9.17, 15) is 19.2 Å². The molecule has 28 heavy (non-hydrogen) atoms. The van der Waals surface area contributed by atoms with E-state index in [1.807, 2.05) is 0 Å². The van der Waals surface area contributed by atoms with E-state index < -0.39 is 42.2 Å². The molecule has 2 aliphatic heterocycles. The molecule has 3 heterocycles. The number of hydrogen-bond acceptors (Lipinski definition) is 11. The molecular weight excluding hydrogens is 378 g/mol. The van der Waals surface area contributed by atoms with Crippen molar-refractivity contribution in [3.05, 3.63) is 22.7 Å². The molecule has 0 aromatic carbocycles. The van der Waals surface area contributed by atoms with Crippen LogP contribution < -0.4 is 11.2 Å². The number of anilines is 1. The highest BCUT2D eigenvalue weighted by Crippen LogP contribution is 2.36. The van der Waals surface area contributed by atoms with E-state index in [2.05, 4.69) is 4.98 Å². The lowest BCUT2D eigenvalue weighted by Gasteiger charge is -2.28. The van der Waals surface area contributed by atoms with Crippen molar-refractivity contribution in [3.63, 3.8) is 0 Å². The number of carbonyl (C=O) groups is 3. The number of fused-ring (bicyclic) bond motifs is 1. The van der Waals surface area contributed by atoms with E-state index in [0.717, 1.165) is 23.8 Å². The van der Waals surface area contributed by atoms with Crippen LogP contribution in [0.2, 0.25) is 0 Å². The number of rotatable bonds is 5. The van der Waals surface area contributed by atoms with Gasteiger partial charge in [0.1, 0.15) is 12.7 Å². The molecular formula is C16H17N3O9. The number of ether oxygens (including phenoxy) is 4. The maximum Gasteiger partial charge on any atom is 0.418 e. The topological polar surface area (TPSA) is 155 Å². The Morgan fingerprint density at radius 3 is 2.57 bits per heavy atom. The van der Waals surface area contributed by atoms with Crippen LogP contribution in [0.25, 0.3) is 0 Å². The Balaban J connectivity index is 1.55. The monoisotopic (exact) mass is 395 g/mol. The fraction of sp³-hybridized carbons (Fsp3) is 0.562. The first kappa shape index (κ1) is 18.4. The number of nitrogens with one attached hydrogen (secondary N) is 1. The molecule has 0 radical (unpaired) electrons. The van der Waals surface area contributed by atoms with Crippen LogP contribution in [0.3, 0.4) is 0 Å². The summed E-state index contributed by atoms with van der Waals surface area (Å²) in [4.78, 5) is 51.0. The number of esters is 3. The van der Waals surface area contributed by atoms with Gasteiger partial charge >= 0.3 is 23.6 Å². The van der Waals surface area contributed by atoms with Crippen LogP contribution in [0.15, 0.2) is 17.1 Å². The van der Waals surface area contributed by atoms with Gasteiger partial charge in [0.25, 0.3) is 0 Å². The van der Waals surface area contributed by atoms with Crippen LogP contribution in [0, 0.1) is 5.92 Å². The van der Waals surface area contributed by atoms with Crippen molar-refractivity contribution in [1.29, 1.82) is 0 Å². The Hall–Kier alpha value is -2.99. The molecule has 1 aliphatic carbocycles. The highest BCUT2D eigenvalue weighted by Gasteiger charge is 2.55. The van der Waals surface area contributed by atoms with Gasteiger partial charge in [-0.3, -0.25) is 20.0 Å². The highest BCUT2D eigenvalue weighted by molar-refractivity contribution is 6.30. The van der Waals surface area contributed by atoms with Crippen molar-refractivity contribution in [2.24, 2.45) is 5.92 Å². The van der Waals surface area contributed by atoms with Crippen LogP contribution >= 0.6 is 0 Å². The summed E-state index contributed by atoms with van der Waals surface area (Å²) in [7, 11) is 0. The first-order valence-electron chi connectivity index (χ1n) is 8.71. The summed E-state index contributed by atoms with van der Waals surface area (Å²) in [5, 5.41) is 8.84. The number of aromatic nitrogens is 2. The average molecular weight is 395 g/mol. The fourth-order valence-electron chi connectivity index (χ4n) is 3.27. The zero-order valence-electron chi connectivity index (χ0n) is 14.5. The molecule has 1 saturated carbocycles. The van der Waals surface area contributed by atoms with Crippen LogP contribution in [-0.2, 0) is 33.3 Å². The third-order valence-electron chi connectivity index (χ3n) is 4.99. The molecule has 0 spiro atoms. The Labute approximate surface area is 157 Å². The second kappa shape index (κ2) is 7.20. The molecule has 1 aromatic rings. The third kappa shape index (κ3) is 3.20. The normalized spacial score (nSPS) is 29.3. The molecule has 150 valence electrons. The molecule has 2 saturated heterocycles. The maximum absolute atomic E-state index is 12.2. The maximum atomic E-state index is 12.2. The number of carbonyl (C=O) groups excluding carboxylic acids is 3. The molecule has 2 N–H and O–H groups in total. The van der Waals surface area contributed by atoms with E-state index in [0.29, 0.717) is 0 Å². The smallest absolute Gasteiger partial charge is 0.418 e. The van der Waals surface area contributed by atoms with Gasteiger partial charge in [-0.05, 0) is 18.9 Å². The van der Waals surface area contributed by atoms with Crippen molar-refractivity contribution in [2.75, 3.05) is 12.1 Å². The summed E-state index contributed by atoms with van der Waals surface area (Å²) in [6.07, 6.45) is -0.495. The molecule has 12 heteroatoms. The van der Waals surface area contributed by atoms with Crippen molar-refractivity contribution >= 4 is 23.7 Å². The second-order valence-electron chi connectivity index (χ2n) is 6.68. The molecule has 4 atom stereocenters. The summed E-state index contributed by atoms with van der Waals surface area (Å²) >= 11 is 0. The van der Waals surface area contributed by atoms with E-state index in [1.165, 1.54) is 12.3 Å². The number of nitrogens with zero attached hydrogens (tertiary/aromatic N) is 2. The van der Waals surface area contributed by atoms with Gasteiger partial charge in [0.15, 0.2) is 24.3 Å². The van der Waals surface area contributed by atoms with E-state index in [4.69, 9.17) is 24.2 Å². The van der Waals surface area contributed by atoms with Crippen LogP contribution in [0.5, 0.6) is 0 Å². The Morgan fingerprint density at radius 1 is 1.25 bits per heavy atom. The predicted molar refractivity (Wildman–Crippen MR) is 85.9 cm³/mol. The molecule has 0 amide bonds. The van der Waals surface area contributed by atoms with Gasteiger partial charge in [-0.15, -0.1) is 0 Å². The lowest BCUT2D eigenvalue weighted by Crippen LogP contribution is -2.49. The van der Waals surface area contributed by atoms with Gasteiger partial charge in [0.05, 0.1) is 5.92 Å². The van der Waals surface area contributed by atoms with Gasteiger partial charge in [-0.1, -0.05) is 6.42 Å². The van der Waals surface area contributed by atoms with Gasteiger partial charge < -0.3 is 18.9 Å². The standard InChI is InChI=1S/C16H17N3O9/c20-13(7-2-1-3-7)25-6-8-10-11(28-15(22)14(21)27-10)12(26-8)19-5-4-9(18-24)17-16(19)23/h4-5,7-8,10-12,24H,1-3,6H2,(H,17,18,23)/t8?,10-,11-,12-/m1/s1. The lowest BCUT2D eigenvalue weighted by atomic mass is 9.86. The highest BCUT2D eigenvalue weighted by atomic mass is 16.7. The molecule has 1 unspecified atom stereocenters. The first-order valence-corrected chi connectivity index (χ1v) is 8.71. The Morgan fingerprint density at radius 2 is 1.96 bits per heavy atom. The van der Waals surface area contributed by atoms with Crippen molar-refractivity contribution in [1.82, 2.24) is 9.55 Å². The predicted octanol–water partition coefficient (Wildman–Crippen LogP) is -0.878. The van der Waals surface area contributed by atoms with Crippen LogP contribution in [0.4, 0.5) is 5.82 Å². The summed E-state index contributed by atoms with van der Waals surface area (Å²) in [6, 6.07) is 1.29. The number of hydrogen-bond donors (Lipinski definition) is 2. The molecule has 12 nitrogen and oxygen atoms in total. The molecule has 1 aromatic heterocycles. The largest absolute Gasteiger partial charge is 0.463 e. The molecule has 0 bridgehead atoms. The minimum Gasteiger partial charge on any atom is -0.463 e. The average Bonchev–Trinajstić information content (AvgIpc) is 2.96. The van der Waals surface area contributed by atoms with E-state index in [1.54, 1.807) is 5.48 Å². The quantitative estimate of drug-likeness (QED) is 0.276. The molecule has 3 aliphatic rings. The summed E-state index contributed by atoms with van der Waals surface area (Å²) in [6.45, 7) is -0.226. The van der Waals surface area contributed by atoms with Gasteiger partial charge in [-0.25, -0.2) is 14.4 Å². The van der Waals surface area contributed by atoms with Crippen molar-refractivity contribution in [3.8, 4) is 0 Å². The second-order valence-corrected chi connectivity index (χ2v) is 6.68. The lowest BCUT2D eigenvalue weighted by molar-refractivity contribution is -0.195. The summed E-state index contributed by atoms with van der Waals surface area (Å²) in [5.74, 6) is -3.01. The first-order chi connectivity index (χ1) is 13.5. The molecule has 3 fully saturated rings. The Kier molecular flexibility index (Phi) is 4.73. The van der Waals surface area contributed by atoms with Crippen LogP contribution in [0.1, 0.15) is 25.5 Å². The van der Waals surface area contributed by atoms with Gasteiger partial charge in [-0.2, -0.15) is 4.98 Å². The van der Waals surface area contributed by atoms with E-state index >= 15 is 0 Å². The SMILES string of the molecule is O=C1O[C@@H]2[C@H](OC1=O)C(COC(=O)C1CCC1)O[C@H]2n1ccc(NO)nc1=O. The fourth-order valence-corrected chi connectivity index (χ4v) is 3.27. The summed E-state index contributed by atoms with van der Waals surface area (Å²) in [5.41, 5.74) is 0.938. The Bertz CT molecular complexity index is 865. The zero-order chi connectivity index (χ0) is 19.8. The minimum atomic E-state index is -1.21. The third-order valence-corrected chi connectivity index (χ3v) is 4.99. The van der Waals surface area contributed by atoms with Crippen LogP contribution in [-0.4, -0.2) is 57.6 Å². The molecule has 4 rings (SSSR count).